The molecule has 2 fully saturated rings. The van der Waals surface area contributed by atoms with E-state index in [2.05, 4.69) is 4.99 Å². The first kappa shape index (κ1) is 14.5. The normalized spacial score (nSPS) is 20.4. The van der Waals surface area contributed by atoms with Gasteiger partial charge in [0.2, 0.25) is 17.9 Å². The molecule has 0 unspecified atom stereocenters. The molecule has 6 nitrogen and oxygen atoms in total. The van der Waals surface area contributed by atoms with Gasteiger partial charge in [-0.25, -0.2) is 4.79 Å². The summed E-state index contributed by atoms with van der Waals surface area (Å²) in [6.07, 6.45) is 4.16. The van der Waals surface area contributed by atoms with Gasteiger partial charge in [0.05, 0.1) is 6.54 Å². The molecule has 6 heteroatoms. The molecule has 1 aromatic carbocycles. The quantitative estimate of drug-likeness (QED) is 0.622. The van der Waals surface area contributed by atoms with Gasteiger partial charge in [0.15, 0.2) is 0 Å². The smallest absolute Gasteiger partial charge is 0.247 e. The van der Waals surface area contributed by atoms with Crippen LogP contribution >= 0.6 is 0 Å². The fourth-order valence-corrected chi connectivity index (χ4v) is 3.08. The molecule has 0 aromatic heterocycles. The predicted octanol–water partition coefficient (Wildman–Crippen LogP) is 1.21. The number of piperazine rings is 1. The molecule has 0 spiro atoms. The van der Waals surface area contributed by atoms with Crippen LogP contribution in [0.4, 0.5) is 5.69 Å². The lowest BCUT2D eigenvalue weighted by Crippen LogP contribution is -2.53. The molecule has 2 amide bonds. The van der Waals surface area contributed by atoms with Gasteiger partial charge in [0.1, 0.15) is 12.1 Å². The second kappa shape index (κ2) is 5.39. The highest BCUT2D eigenvalue weighted by Gasteiger charge is 2.42. The molecule has 1 aromatic rings. The van der Waals surface area contributed by atoms with Crippen LogP contribution in [-0.4, -0.2) is 42.9 Å². The molecule has 0 N–H and O–H groups in total. The Balaban J connectivity index is 2.03. The zero-order valence-electron chi connectivity index (χ0n) is 12.4. The van der Waals surface area contributed by atoms with Gasteiger partial charge >= 0.3 is 0 Å². The van der Waals surface area contributed by atoms with Crippen molar-refractivity contribution in [1.29, 1.82) is 0 Å². The number of hydrogen-bond acceptors (Lipinski definition) is 4. The number of para-hydroxylation sites is 1. The van der Waals surface area contributed by atoms with Crippen LogP contribution in [0.2, 0.25) is 0 Å². The molecule has 114 valence electrons. The molecule has 1 saturated carbocycles. The number of aliphatic imine (C=N–C) groups is 1. The molecule has 2 aliphatic rings. The topological polar surface area (TPSA) is 70.1 Å². The second-order valence-electron chi connectivity index (χ2n) is 5.84. The second-order valence-corrected chi connectivity index (χ2v) is 5.84. The summed E-state index contributed by atoms with van der Waals surface area (Å²) in [7, 11) is 1.62. The number of nitrogens with zero attached hydrogens (tertiary/aromatic N) is 3. The third-order valence-corrected chi connectivity index (χ3v) is 4.53. The van der Waals surface area contributed by atoms with E-state index in [0.717, 1.165) is 24.8 Å². The molecule has 1 saturated heterocycles. The number of carbonyl (C=O) groups excluding carboxylic acids is 3. The number of likely N-dealkylation sites (N-methyl/N-ethyl adjacent to an activating group) is 1. The Morgan fingerprint density at radius 2 is 1.86 bits per heavy atom. The summed E-state index contributed by atoms with van der Waals surface area (Å²) < 4.78 is 0. The maximum atomic E-state index is 12.3. The van der Waals surface area contributed by atoms with Crippen LogP contribution in [0, 0.1) is 0 Å². The zero-order chi connectivity index (χ0) is 15.7. The van der Waals surface area contributed by atoms with Crippen LogP contribution in [0.15, 0.2) is 29.3 Å². The van der Waals surface area contributed by atoms with Crippen LogP contribution in [0.25, 0.3) is 0 Å². The number of benzene rings is 1. The molecular formula is C16H17N3O3. The number of carbonyl (C=O) groups is 2. The Morgan fingerprint density at radius 3 is 2.50 bits per heavy atom. The highest BCUT2D eigenvalue weighted by Crippen LogP contribution is 2.48. The van der Waals surface area contributed by atoms with E-state index in [1.807, 2.05) is 24.3 Å². The van der Waals surface area contributed by atoms with Gasteiger partial charge in [-0.15, -0.1) is 0 Å². The van der Waals surface area contributed by atoms with E-state index in [9.17, 15) is 14.4 Å². The minimum atomic E-state index is -0.592. The van der Waals surface area contributed by atoms with E-state index >= 15 is 0 Å². The van der Waals surface area contributed by atoms with Crippen molar-refractivity contribution < 1.29 is 14.4 Å². The molecule has 0 radical (unpaired) electrons. The first-order valence-corrected chi connectivity index (χ1v) is 7.30. The first-order valence-electron chi connectivity index (χ1n) is 7.30. The van der Waals surface area contributed by atoms with E-state index in [1.54, 1.807) is 13.1 Å². The molecule has 22 heavy (non-hydrogen) atoms. The standard InChI is InChI=1S/C16H17N3O3/c1-18-9-15(22)19(10-14(18)21)13-6-3-2-5-12(13)16(17-11-20)7-4-8-16/h2-3,5-6H,4,7-10H2,1H3. The minimum absolute atomic E-state index is 0.0211. The zero-order valence-corrected chi connectivity index (χ0v) is 12.4. The van der Waals surface area contributed by atoms with E-state index in [-0.39, 0.29) is 24.9 Å². The SMILES string of the molecule is CN1CC(=O)N(c2ccccc2C2(N=C=O)CCC2)CC1=O. The summed E-state index contributed by atoms with van der Waals surface area (Å²) in [6.45, 7) is 0.0876. The van der Waals surface area contributed by atoms with E-state index in [0.29, 0.717) is 5.69 Å². The highest BCUT2D eigenvalue weighted by molar-refractivity contribution is 6.05. The van der Waals surface area contributed by atoms with Crippen molar-refractivity contribution in [3.05, 3.63) is 29.8 Å². The average Bonchev–Trinajstić information content (AvgIpc) is 2.47. The van der Waals surface area contributed by atoms with Crippen molar-refractivity contribution in [3.63, 3.8) is 0 Å². The van der Waals surface area contributed by atoms with Gasteiger partial charge in [0.25, 0.3) is 0 Å². The number of amides is 2. The van der Waals surface area contributed by atoms with Crippen molar-refractivity contribution >= 4 is 23.6 Å². The maximum absolute atomic E-state index is 12.3. The fourth-order valence-electron chi connectivity index (χ4n) is 3.08. The largest absolute Gasteiger partial charge is 0.335 e. The van der Waals surface area contributed by atoms with Crippen molar-refractivity contribution in [2.45, 2.75) is 24.8 Å². The van der Waals surface area contributed by atoms with Crippen LogP contribution in [-0.2, 0) is 19.9 Å². The summed E-state index contributed by atoms with van der Waals surface area (Å²) >= 11 is 0. The molecule has 1 heterocycles. The lowest BCUT2D eigenvalue weighted by molar-refractivity contribution is -0.136. The Bertz CT molecular complexity index is 675. The Morgan fingerprint density at radius 1 is 1.14 bits per heavy atom. The summed E-state index contributed by atoms with van der Waals surface area (Å²) in [5.74, 6) is -0.227. The highest BCUT2D eigenvalue weighted by atomic mass is 16.2. The van der Waals surface area contributed by atoms with Crippen molar-refractivity contribution in [2.75, 3.05) is 25.0 Å². The molecule has 0 bridgehead atoms. The van der Waals surface area contributed by atoms with Gasteiger partial charge in [0, 0.05) is 18.3 Å². The van der Waals surface area contributed by atoms with Crippen LogP contribution in [0.1, 0.15) is 24.8 Å². The van der Waals surface area contributed by atoms with Crippen LogP contribution in [0.5, 0.6) is 0 Å². The molecular weight excluding hydrogens is 282 g/mol. The maximum Gasteiger partial charge on any atom is 0.247 e. The monoisotopic (exact) mass is 299 g/mol. The Hall–Kier alpha value is -2.46. The lowest BCUT2D eigenvalue weighted by atomic mass is 9.71. The minimum Gasteiger partial charge on any atom is -0.335 e. The van der Waals surface area contributed by atoms with Crippen LogP contribution < -0.4 is 4.90 Å². The van der Waals surface area contributed by atoms with E-state index in [1.165, 1.54) is 9.80 Å². The number of anilines is 1. The van der Waals surface area contributed by atoms with E-state index < -0.39 is 5.54 Å². The van der Waals surface area contributed by atoms with Gasteiger partial charge in [-0.2, -0.15) is 4.99 Å². The van der Waals surface area contributed by atoms with Crippen molar-refractivity contribution in [3.8, 4) is 0 Å². The summed E-state index contributed by atoms with van der Waals surface area (Å²) in [6, 6.07) is 7.38. The first-order chi connectivity index (χ1) is 10.6. The van der Waals surface area contributed by atoms with Crippen molar-refractivity contribution in [2.24, 2.45) is 4.99 Å². The Labute approximate surface area is 128 Å². The molecule has 0 atom stereocenters. The summed E-state index contributed by atoms with van der Waals surface area (Å²) in [4.78, 5) is 42.0. The van der Waals surface area contributed by atoms with Gasteiger partial charge in [-0.3, -0.25) is 9.59 Å². The molecule has 1 aliphatic carbocycles. The predicted molar refractivity (Wildman–Crippen MR) is 80.1 cm³/mol. The third kappa shape index (κ3) is 2.22. The number of rotatable bonds is 3. The number of isocyanates is 1. The summed E-state index contributed by atoms with van der Waals surface area (Å²) in [5.41, 5.74) is 0.910. The molecule has 1 aliphatic heterocycles. The Kier molecular flexibility index (Phi) is 3.54. The van der Waals surface area contributed by atoms with Gasteiger partial charge in [-0.05, 0) is 25.3 Å². The van der Waals surface area contributed by atoms with Gasteiger partial charge < -0.3 is 9.80 Å². The molecule has 3 rings (SSSR count). The summed E-state index contributed by atoms with van der Waals surface area (Å²) in [5, 5.41) is 0. The average molecular weight is 299 g/mol. The van der Waals surface area contributed by atoms with Crippen LogP contribution in [0.3, 0.4) is 0 Å². The van der Waals surface area contributed by atoms with E-state index in [4.69, 9.17) is 0 Å². The third-order valence-electron chi connectivity index (χ3n) is 4.53. The fraction of sp³-hybridized carbons (Fsp3) is 0.438. The lowest BCUT2D eigenvalue weighted by Gasteiger charge is -2.41. The number of hydrogen-bond donors (Lipinski definition) is 0. The van der Waals surface area contributed by atoms with Gasteiger partial charge in [-0.1, -0.05) is 18.2 Å². The van der Waals surface area contributed by atoms with Crippen molar-refractivity contribution in [1.82, 2.24) is 4.90 Å².